The summed E-state index contributed by atoms with van der Waals surface area (Å²) in [6, 6.07) is 9.46. The smallest absolute Gasteiger partial charge is 0.224 e. The van der Waals surface area contributed by atoms with Crippen molar-refractivity contribution in [2.45, 2.75) is 13.0 Å². The third-order valence-electron chi connectivity index (χ3n) is 5.60. The average molecular weight is 518 g/mol. The van der Waals surface area contributed by atoms with Gasteiger partial charge in [0, 0.05) is 49.6 Å². The molecule has 0 radical (unpaired) electrons. The molecule has 4 rings (SSSR count). The molecule has 1 fully saturated rings. The van der Waals surface area contributed by atoms with Crippen molar-refractivity contribution in [1.82, 2.24) is 14.9 Å². The van der Waals surface area contributed by atoms with Gasteiger partial charge < -0.3 is 30.0 Å². The van der Waals surface area contributed by atoms with Crippen LogP contribution in [0.2, 0.25) is 5.02 Å². The first-order valence-electron chi connectivity index (χ1n) is 11.6. The van der Waals surface area contributed by atoms with Gasteiger partial charge in [0.2, 0.25) is 5.88 Å². The van der Waals surface area contributed by atoms with Crippen LogP contribution in [-0.2, 0) is 11.3 Å². The lowest BCUT2D eigenvalue weighted by atomic mass is 10.1. The molecule has 1 saturated heterocycles. The molecule has 0 bridgehead atoms. The number of ether oxygens (including phenoxy) is 4. The Morgan fingerprint density at radius 1 is 1.11 bits per heavy atom. The van der Waals surface area contributed by atoms with E-state index in [-0.39, 0.29) is 17.4 Å². The van der Waals surface area contributed by atoms with Crippen LogP contribution in [0, 0.1) is 5.82 Å². The number of anilines is 2. The number of aromatic nitrogens is 2. The maximum atomic E-state index is 13.4. The van der Waals surface area contributed by atoms with Gasteiger partial charge in [0.25, 0.3) is 0 Å². The lowest BCUT2D eigenvalue weighted by Gasteiger charge is -2.26. The molecule has 1 aromatic heterocycles. The van der Waals surface area contributed by atoms with Crippen LogP contribution in [-0.4, -0.2) is 61.4 Å². The van der Waals surface area contributed by atoms with E-state index in [4.69, 9.17) is 36.3 Å². The number of halogens is 2. The predicted octanol–water partition coefficient (Wildman–Crippen LogP) is 4.37. The summed E-state index contributed by atoms with van der Waals surface area (Å²) in [5.41, 5.74) is 7.30. The van der Waals surface area contributed by atoms with Crippen LogP contribution in [0.5, 0.6) is 23.1 Å². The Morgan fingerprint density at radius 2 is 1.94 bits per heavy atom. The third-order valence-corrected chi connectivity index (χ3v) is 5.88. The second-order valence-electron chi connectivity index (χ2n) is 8.07. The largest absolute Gasteiger partial charge is 0.493 e. The molecule has 1 aliphatic heterocycles. The Kier molecular flexibility index (Phi) is 9.12. The number of hydrogen-bond acceptors (Lipinski definition) is 9. The van der Waals surface area contributed by atoms with Crippen LogP contribution in [0.3, 0.4) is 0 Å². The number of hydrogen-bond donors (Lipinski definition) is 2. The standard InChI is InChI=1S/C25H29ClFN5O4/c1-33-22-13-21(17(15-28)11-23(22)35-8-2-5-32-6-9-34-10-7-32)36-25-14-24(29-16-30-25)31-18-3-4-20(27)19(26)12-18/h3-4,11-14,16H,2,5-10,15,28H2,1H3,(H,29,30,31). The highest BCUT2D eigenvalue weighted by Gasteiger charge is 2.15. The molecule has 9 nitrogen and oxygen atoms in total. The molecule has 192 valence electrons. The van der Waals surface area contributed by atoms with E-state index in [9.17, 15) is 4.39 Å². The van der Waals surface area contributed by atoms with E-state index in [1.165, 1.54) is 18.5 Å². The van der Waals surface area contributed by atoms with Gasteiger partial charge in [0.15, 0.2) is 11.5 Å². The summed E-state index contributed by atoms with van der Waals surface area (Å²) >= 11 is 5.86. The fourth-order valence-corrected chi connectivity index (χ4v) is 3.88. The number of rotatable bonds is 11. The molecule has 1 aliphatic rings. The maximum Gasteiger partial charge on any atom is 0.224 e. The molecule has 0 amide bonds. The van der Waals surface area contributed by atoms with Crippen LogP contribution >= 0.6 is 11.6 Å². The van der Waals surface area contributed by atoms with Crippen molar-refractivity contribution in [3.05, 3.63) is 59.1 Å². The highest BCUT2D eigenvalue weighted by Crippen LogP contribution is 2.37. The van der Waals surface area contributed by atoms with Crippen LogP contribution in [0.4, 0.5) is 15.9 Å². The number of morpholine rings is 1. The van der Waals surface area contributed by atoms with E-state index >= 15 is 0 Å². The van der Waals surface area contributed by atoms with Crippen molar-refractivity contribution in [2.24, 2.45) is 5.73 Å². The van der Waals surface area contributed by atoms with Crippen molar-refractivity contribution in [3.8, 4) is 23.1 Å². The van der Waals surface area contributed by atoms with Crippen LogP contribution in [0.25, 0.3) is 0 Å². The highest BCUT2D eigenvalue weighted by molar-refractivity contribution is 6.31. The molecule has 0 atom stereocenters. The van der Waals surface area contributed by atoms with Gasteiger partial charge in [-0.15, -0.1) is 0 Å². The van der Waals surface area contributed by atoms with Gasteiger partial charge in [-0.1, -0.05) is 11.6 Å². The van der Waals surface area contributed by atoms with Gasteiger partial charge in [0.05, 0.1) is 32.0 Å². The van der Waals surface area contributed by atoms with E-state index in [1.54, 1.807) is 25.3 Å². The Hall–Kier alpha value is -3.18. The van der Waals surface area contributed by atoms with E-state index in [1.807, 2.05) is 6.07 Å². The molecule has 3 aromatic rings. The number of nitrogens with two attached hydrogens (primary N) is 1. The molecular weight excluding hydrogens is 489 g/mol. The van der Waals surface area contributed by atoms with Crippen molar-refractivity contribution in [3.63, 3.8) is 0 Å². The molecule has 3 N–H and O–H groups in total. The Morgan fingerprint density at radius 3 is 2.69 bits per heavy atom. The summed E-state index contributed by atoms with van der Waals surface area (Å²) in [4.78, 5) is 10.7. The van der Waals surface area contributed by atoms with Gasteiger partial charge in [0.1, 0.15) is 23.7 Å². The molecule has 0 unspecified atom stereocenters. The van der Waals surface area contributed by atoms with E-state index in [2.05, 4.69) is 20.2 Å². The Bertz CT molecular complexity index is 1160. The lowest BCUT2D eigenvalue weighted by Crippen LogP contribution is -2.37. The van der Waals surface area contributed by atoms with Crippen LogP contribution < -0.4 is 25.3 Å². The summed E-state index contributed by atoms with van der Waals surface area (Å²) in [6.07, 6.45) is 2.24. The minimum atomic E-state index is -0.498. The monoisotopic (exact) mass is 517 g/mol. The fraction of sp³-hybridized carbons (Fsp3) is 0.360. The minimum Gasteiger partial charge on any atom is -0.493 e. The second kappa shape index (κ2) is 12.7. The van der Waals surface area contributed by atoms with Crippen LogP contribution in [0.15, 0.2) is 42.7 Å². The Balaban J connectivity index is 1.42. The van der Waals surface area contributed by atoms with Gasteiger partial charge in [-0.3, -0.25) is 4.90 Å². The van der Waals surface area contributed by atoms with Gasteiger partial charge in [-0.25, -0.2) is 14.4 Å². The molecule has 0 saturated carbocycles. The molecule has 2 heterocycles. The molecule has 2 aromatic carbocycles. The summed E-state index contributed by atoms with van der Waals surface area (Å²) in [5.74, 6) is 1.86. The first-order valence-corrected chi connectivity index (χ1v) is 12.0. The van der Waals surface area contributed by atoms with Gasteiger partial charge in [-0.2, -0.15) is 0 Å². The minimum absolute atomic E-state index is 0.00798. The molecule has 0 aliphatic carbocycles. The summed E-state index contributed by atoms with van der Waals surface area (Å²) < 4.78 is 36.4. The highest BCUT2D eigenvalue weighted by atomic mass is 35.5. The second-order valence-corrected chi connectivity index (χ2v) is 8.48. The first-order chi connectivity index (χ1) is 17.6. The molecular formula is C25H29ClFN5O4. The van der Waals surface area contributed by atoms with Crippen molar-refractivity contribution in [1.29, 1.82) is 0 Å². The van der Waals surface area contributed by atoms with Gasteiger partial charge in [-0.05, 0) is 30.7 Å². The predicted molar refractivity (Wildman–Crippen MR) is 135 cm³/mol. The zero-order chi connectivity index (χ0) is 25.3. The zero-order valence-electron chi connectivity index (χ0n) is 20.0. The quantitative estimate of drug-likeness (QED) is 0.359. The first kappa shape index (κ1) is 25.9. The normalized spacial score (nSPS) is 13.9. The summed E-state index contributed by atoms with van der Waals surface area (Å²) in [6.45, 7) is 5.18. The van der Waals surface area contributed by atoms with Crippen molar-refractivity contribution >= 4 is 23.1 Å². The lowest BCUT2D eigenvalue weighted by molar-refractivity contribution is 0.0357. The number of nitrogens with one attached hydrogen (secondary N) is 1. The van der Waals surface area contributed by atoms with E-state index in [0.717, 1.165) is 44.8 Å². The number of nitrogens with zero attached hydrogens (tertiary/aromatic N) is 3. The van der Waals surface area contributed by atoms with E-state index in [0.29, 0.717) is 35.4 Å². The topological polar surface area (TPSA) is 104 Å². The number of methoxy groups -OCH3 is 1. The number of benzene rings is 2. The van der Waals surface area contributed by atoms with Gasteiger partial charge >= 0.3 is 0 Å². The summed E-state index contributed by atoms with van der Waals surface area (Å²) in [5, 5.41) is 3.06. The Labute approximate surface area is 214 Å². The van der Waals surface area contributed by atoms with E-state index < -0.39 is 5.82 Å². The zero-order valence-corrected chi connectivity index (χ0v) is 20.8. The van der Waals surface area contributed by atoms with Crippen molar-refractivity contribution < 1.29 is 23.3 Å². The molecule has 11 heteroatoms. The molecule has 36 heavy (non-hydrogen) atoms. The maximum absolute atomic E-state index is 13.4. The summed E-state index contributed by atoms with van der Waals surface area (Å²) in [7, 11) is 1.57. The van der Waals surface area contributed by atoms with Crippen molar-refractivity contribution in [2.75, 3.05) is 51.9 Å². The SMILES string of the molecule is COc1cc(Oc2cc(Nc3ccc(F)c(Cl)c3)ncn2)c(CN)cc1OCCCN1CCOCC1. The third kappa shape index (κ3) is 6.94. The average Bonchev–Trinajstić information content (AvgIpc) is 2.90. The van der Waals surface area contributed by atoms with Crippen LogP contribution in [0.1, 0.15) is 12.0 Å². The molecule has 0 spiro atoms. The fourth-order valence-electron chi connectivity index (χ4n) is 3.70.